The van der Waals surface area contributed by atoms with Crippen molar-refractivity contribution in [1.82, 2.24) is 14.5 Å². The van der Waals surface area contributed by atoms with E-state index in [1.54, 1.807) is 12.5 Å². The molecule has 2 aromatic rings. The van der Waals surface area contributed by atoms with Gasteiger partial charge in [0.05, 0.1) is 18.2 Å². The second kappa shape index (κ2) is 3.39. The molecule has 3 heteroatoms. The number of rotatable bonds is 2. The number of hydrogen-bond acceptors (Lipinski definition) is 2. The Hall–Kier alpha value is -1.64. The highest BCUT2D eigenvalue weighted by Gasteiger charge is 1.96. The first kappa shape index (κ1) is 7.98. The Morgan fingerprint density at radius 1 is 1.31 bits per heavy atom. The molecule has 0 aliphatic rings. The normalized spacial score (nSPS) is 10.2. The van der Waals surface area contributed by atoms with Gasteiger partial charge in [-0.3, -0.25) is 4.98 Å². The van der Waals surface area contributed by atoms with E-state index in [0.29, 0.717) is 0 Å². The van der Waals surface area contributed by atoms with E-state index in [1.165, 1.54) is 5.56 Å². The minimum absolute atomic E-state index is 1.01. The van der Waals surface area contributed by atoms with Crippen LogP contribution >= 0.6 is 0 Å². The van der Waals surface area contributed by atoms with Crippen molar-refractivity contribution in [2.24, 2.45) is 0 Å². The summed E-state index contributed by atoms with van der Waals surface area (Å²) in [6, 6.07) is 2.12. The molecule has 0 radical (unpaired) electrons. The van der Waals surface area contributed by atoms with Crippen LogP contribution in [-0.2, 0) is 6.42 Å². The minimum atomic E-state index is 1.01. The molecule has 0 saturated heterocycles. The van der Waals surface area contributed by atoms with Crippen LogP contribution in [0.3, 0.4) is 0 Å². The van der Waals surface area contributed by atoms with Crippen LogP contribution in [0.1, 0.15) is 12.5 Å². The lowest BCUT2D eigenvalue weighted by Gasteiger charge is -2.02. The summed E-state index contributed by atoms with van der Waals surface area (Å²) in [4.78, 5) is 8.15. The second-order valence-corrected chi connectivity index (χ2v) is 2.87. The molecule has 0 aliphatic heterocycles. The maximum atomic E-state index is 4.16. The Kier molecular flexibility index (Phi) is 2.08. The predicted molar refractivity (Wildman–Crippen MR) is 50.7 cm³/mol. The van der Waals surface area contributed by atoms with Crippen molar-refractivity contribution < 1.29 is 0 Å². The molecule has 66 valence electrons. The number of aryl methyl sites for hydroxylation is 1. The number of imidazole rings is 1. The smallest absolute Gasteiger partial charge is 0.0992 e. The van der Waals surface area contributed by atoms with E-state index in [9.17, 15) is 0 Å². The molecule has 0 aliphatic carbocycles. The first-order valence-electron chi connectivity index (χ1n) is 4.32. The van der Waals surface area contributed by atoms with Gasteiger partial charge in [-0.1, -0.05) is 6.92 Å². The molecule has 0 aromatic carbocycles. The van der Waals surface area contributed by atoms with Crippen LogP contribution in [0.5, 0.6) is 0 Å². The third kappa shape index (κ3) is 1.59. The van der Waals surface area contributed by atoms with Crippen LogP contribution in [0.15, 0.2) is 37.2 Å². The molecular formula is C10H11N3. The Morgan fingerprint density at radius 3 is 2.92 bits per heavy atom. The minimum Gasteiger partial charge on any atom is -0.305 e. The molecule has 0 N–H and O–H groups in total. The van der Waals surface area contributed by atoms with Crippen molar-refractivity contribution >= 4 is 0 Å². The summed E-state index contributed by atoms with van der Waals surface area (Å²) < 4.78 is 1.95. The zero-order valence-electron chi connectivity index (χ0n) is 7.51. The molecule has 0 fully saturated rings. The summed E-state index contributed by atoms with van der Waals surface area (Å²) in [6.07, 6.45) is 10.2. The Morgan fingerprint density at radius 2 is 2.23 bits per heavy atom. The van der Waals surface area contributed by atoms with Gasteiger partial charge >= 0.3 is 0 Å². The standard InChI is InChI=1S/C10H11N3/c1-2-9-5-10(7-12-6-9)13-4-3-11-8-13/h3-8H,2H2,1H3. The van der Waals surface area contributed by atoms with Crippen LogP contribution < -0.4 is 0 Å². The Labute approximate surface area is 77.1 Å². The Balaban J connectivity index is 2.41. The summed E-state index contributed by atoms with van der Waals surface area (Å²) in [5, 5.41) is 0. The molecule has 3 nitrogen and oxygen atoms in total. The van der Waals surface area contributed by atoms with Crippen LogP contribution in [0, 0.1) is 0 Å². The largest absolute Gasteiger partial charge is 0.305 e. The average molecular weight is 173 g/mol. The highest BCUT2D eigenvalue weighted by Crippen LogP contribution is 2.08. The van der Waals surface area contributed by atoms with Gasteiger partial charge in [0.2, 0.25) is 0 Å². The molecule has 13 heavy (non-hydrogen) atoms. The maximum Gasteiger partial charge on any atom is 0.0992 e. The molecule has 0 atom stereocenters. The molecule has 2 rings (SSSR count). The maximum absolute atomic E-state index is 4.16. The van der Waals surface area contributed by atoms with Gasteiger partial charge in [-0.05, 0) is 18.1 Å². The molecule has 2 heterocycles. The monoisotopic (exact) mass is 173 g/mol. The SMILES string of the molecule is CCc1cncc(-n2ccnc2)c1. The van der Waals surface area contributed by atoms with Crippen LogP contribution in [0.2, 0.25) is 0 Å². The zero-order valence-corrected chi connectivity index (χ0v) is 7.51. The zero-order chi connectivity index (χ0) is 9.10. The van der Waals surface area contributed by atoms with Gasteiger partial charge in [0.15, 0.2) is 0 Å². The molecule has 0 unspecified atom stereocenters. The summed E-state index contributed by atoms with van der Waals surface area (Å²) >= 11 is 0. The van der Waals surface area contributed by atoms with Gasteiger partial charge in [-0.25, -0.2) is 4.98 Å². The highest BCUT2D eigenvalue weighted by molar-refractivity contribution is 5.31. The van der Waals surface area contributed by atoms with Crippen molar-refractivity contribution in [1.29, 1.82) is 0 Å². The first-order valence-corrected chi connectivity index (χ1v) is 4.32. The van der Waals surface area contributed by atoms with Gasteiger partial charge in [-0.15, -0.1) is 0 Å². The molecular weight excluding hydrogens is 162 g/mol. The van der Waals surface area contributed by atoms with Crippen molar-refractivity contribution in [3.8, 4) is 5.69 Å². The highest BCUT2D eigenvalue weighted by atomic mass is 15.0. The third-order valence-electron chi connectivity index (χ3n) is 1.99. The quantitative estimate of drug-likeness (QED) is 0.693. The fraction of sp³-hybridized carbons (Fsp3) is 0.200. The predicted octanol–water partition coefficient (Wildman–Crippen LogP) is 1.83. The van der Waals surface area contributed by atoms with Crippen LogP contribution in [0.4, 0.5) is 0 Å². The number of pyridine rings is 1. The average Bonchev–Trinajstić information content (AvgIpc) is 2.71. The number of nitrogens with zero attached hydrogens (tertiary/aromatic N) is 3. The van der Waals surface area contributed by atoms with Crippen molar-refractivity contribution in [2.45, 2.75) is 13.3 Å². The van der Waals surface area contributed by atoms with Gasteiger partial charge < -0.3 is 4.57 Å². The summed E-state index contributed by atoms with van der Waals surface area (Å²) in [7, 11) is 0. The first-order chi connectivity index (χ1) is 6.40. The summed E-state index contributed by atoms with van der Waals surface area (Å²) in [5.41, 5.74) is 2.31. The van der Waals surface area contributed by atoms with Gasteiger partial charge in [0, 0.05) is 18.6 Å². The fourth-order valence-corrected chi connectivity index (χ4v) is 1.22. The lowest BCUT2D eigenvalue weighted by molar-refractivity contribution is 1.01. The van der Waals surface area contributed by atoms with E-state index in [4.69, 9.17) is 0 Å². The molecule has 0 spiro atoms. The van der Waals surface area contributed by atoms with Crippen LogP contribution in [0.25, 0.3) is 5.69 Å². The van der Waals surface area contributed by atoms with E-state index in [0.717, 1.165) is 12.1 Å². The third-order valence-corrected chi connectivity index (χ3v) is 1.99. The number of aromatic nitrogens is 3. The molecule has 2 aromatic heterocycles. The summed E-state index contributed by atoms with van der Waals surface area (Å²) in [5.74, 6) is 0. The van der Waals surface area contributed by atoms with E-state index < -0.39 is 0 Å². The molecule has 0 amide bonds. The van der Waals surface area contributed by atoms with Crippen molar-refractivity contribution in [2.75, 3.05) is 0 Å². The van der Waals surface area contributed by atoms with Gasteiger partial charge in [0.1, 0.15) is 0 Å². The molecule has 0 bridgehead atoms. The van der Waals surface area contributed by atoms with E-state index in [-0.39, 0.29) is 0 Å². The summed E-state index contributed by atoms with van der Waals surface area (Å²) in [6.45, 7) is 2.12. The Bertz CT molecular complexity index is 379. The number of hydrogen-bond donors (Lipinski definition) is 0. The fourth-order valence-electron chi connectivity index (χ4n) is 1.22. The topological polar surface area (TPSA) is 30.7 Å². The van der Waals surface area contributed by atoms with Crippen molar-refractivity contribution in [3.05, 3.63) is 42.7 Å². The lowest BCUT2D eigenvalue weighted by Crippen LogP contribution is -1.92. The van der Waals surface area contributed by atoms with E-state index in [2.05, 4.69) is 23.0 Å². The van der Waals surface area contributed by atoms with Crippen LogP contribution in [-0.4, -0.2) is 14.5 Å². The van der Waals surface area contributed by atoms with Gasteiger partial charge in [-0.2, -0.15) is 0 Å². The van der Waals surface area contributed by atoms with E-state index >= 15 is 0 Å². The second-order valence-electron chi connectivity index (χ2n) is 2.87. The van der Waals surface area contributed by atoms with E-state index in [1.807, 2.05) is 23.2 Å². The van der Waals surface area contributed by atoms with Crippen molar-refractivity contribution in [3.63, 3.8) is 0 Å². The van der Waals surface area contributed by atoms with Gasteiger partial charge in [0.25, 0.3) is 0 Å². The lowest BCUT2D eigenvalue weighted by atomic mass is 10.2. The molecule has 0 saturated carbocycles.